The Morgan fingerprint density at radius 2 is 1.73 bits per heavy atom. The Bertz CT molecular complexity index is 1030. The lowest BCUT2D eigenvalue weighted by Crippen LogP contribution is -2.45. The number of ether oxygens (including phenoxy) is 1. The molecule has 1 heterocycles. The van der Waals surface area contributed by atoms with Gasteiger partial charge >= 0.3 is 0 Å². The summed E-state index contributed by atoms with van der Waals surface area (Å²) in [5.74, 6) is 1.77. The molecule has 1 aliphatic heterocycles. The molecule has 4 rings (SSSR count). The summed E-state index contributed by atoms with van der Waals surface area (Å²) >= 11 is 0. The van der Waals surface area contributed by atoms with E-state index in [2.05, 4.69) is 22.5 Å². The highest BCUT2D eigenvalue weighted by Gasteiger charge is 2.30. The van der Waals surface area contributed by atoms with E-state index in [0.29, 0.717) is 47.8 Å². The van der Waals surface area contributed by atoms with E-state index < -0.39 is 0 Å². The van der Waals surface area contributed by atoms with Crippen LogP contribution in [0.15, 0.2) is 33.9 Å². The number of anilines is 3. The lowest BCUT2D eigenvalue weighted by atomic mass is 9.81. The maximum atomic E-state index is 12.8. The molecule has 0 atom stereocenters. The number of rotatable bonds is 8. The monoisotopic (exact) mass is 453 g/mol. The predicted octanol–water partition coefficient (Wildman–Crippen LogP) is 3.77. The van der Waals surface area contributed by atoms with Gasteiger partial charge in [-0.25, -0.2) is 0 Å². The van der Waals surface area contributed by atoms with Gasteiger partial charge in [-0.3, -0.25) is 14.4 Å². The lowest BCUT2D eigenvalue weighted by molar-refractivity contribution is -0.121. The topological polar surface area (TPSA) is 87.7 Å². The van der Waals surface area contributed by atoms with Gasteiger partial charge in [-0.1, -0.05) is 19.1 Å². The number of piperidine rings is 1. The quantitative estimate of drug-likeness (QED) is 0.592. The number of nitrogens with one attached hydrogen (secondary N) is 2. The molecule has 1 saturated carbocycles. The van der Waals surface area contributed by atoms with Crippen molar-refractivity contribution in [3.05, 3.63) is 44.7 Å². The Morgan fingerprint density at radius 3 is 2.42 bits per heavy atom. The third kappa shape index (κ3) is 5.23. The van der Waals surface area contributed by atoms with Crippen LogP contribution in [-0.4, -0.2) is 32.1 Å². The first-order valence-electron chi connectivity index (χ1n) is 12.3. The van der Waals surface area contributed by atoms with Gasteiger partial charge in [0.1, 0.15) is 17.1 Å². The third-order valence-electron chi connectivity index (χ3n) is 7.21. The molecule has 2 aromatic carbocycles. The van der Waals surface area contributed by atoms with Gasteiger partial charge in [0.15, 0.2) is 0 Å². The maximum Gasteiger partial charge on any atom is 0.253 e. The minimum absolute atomic E-state index is 0.0204. The number of hydrogen-bond donors (Lipinski definition) is 2. The molecule has 178 valence electrons. The van der Waals surface area contributed by atoms with Crippen LogP contribution in [0.2, 0.25) is 0 Å². The molecular weight excluding hydrogens is 418 g/mol. The normalized spacial score (nSPS) is 21.7. The van der Waals surface area contributed by atoms with Crippen molar-refractivity contribution in [1.29, 1.82) is 0 Å². The smallest absolute Gasteiger partial charge is 0.253 e. The van der Waals surface area contributed by atoms with Crippen molar-refractivity contribution < 1.29 is 9.53 Å². The number of amides is 1. The zero-order chi connectivity index (χ0) is 23.4. The molecule has 7 heteroatoms. The number of hydrogen-bond acceptors (Lipinski definition) is 6. The van der Waals surface area contributed by atoms with E-state index in [1.807, 2.05) is 31.2 Å². The second-order valence-electron chi connectivity index (χ2n) is 9.57. The Hall–Kier alpha value is -2.83. The lowest BCUT2D eigenvalue weighted by Gasteiger charge is -2.34. The third-order valence-corrected chi connectivity index (χ3v) is 7.21. The first-order chi connectivity index (χ1) is 16.0. The fraction of sp³-hybridized carbons (Fsp3) is 0.577. The Labute approximate surface area is 195 Å². The van der Waals surface area contributed by atoms with Gasteiger partial charge in [-0.2, -0.15) is 0 Å². The summed E-state index contributed by atoms with van der Waals surface area (Å²) in [5.41, 5.74) is 1.08. The van der Waals surface area contributed by atoms with Crippen molar-refractivity contribution >= 4 is 23.0 Å². The zero-order valence-corrected chi connectivity index (χ0v) is 19.7. The number of benzene rings is 1. The number of para-hydroxylation sites is 2. The van der Waals surface area contributed by atoms with Crippen LogP contribution in [0.25, 0.3) is 0 Å². The molecule has 2 N–H and O–H groups in total. The summed E-state index contributed by atoms with van der Waals surface area (Å²) < 4.78 is 5.60. The minimum Gasteiger partial charge on any atom is -0.492 e. The van der Waals surface area contributed by atoms with Crippen LogP contribution < -0.4 is 31.1 Å². The average molecular weight is 454 g/mol. The van der Waals surface area contributed by atoms with E-state index in [0.717, 1.165) is 51.6 Å². The van der Waals surface area contributed by atoms with Gasteiger partial charge < -0.3 is 20.3 Å². The van der Waals surface area contributed by atoms with Gasteiger partial charge in [0.25, 0.3) is 10.9 Å². The predicted molar refractivity (Wildman–Crippen MR) is 132 cm³/mol. The zero-order valence-electron chi connectivity index (χ0n) is 19.7. The van der Waals surface area contributed by atoms with Gasteiger partial charge in [-0.15, -0.1) is 0 Å². The summed E-state index contributed by atoms with van der Waals surface area (Å²) in [6.07, 6.45) is 5.59. The second kappa shape index (κ2) is 10.4. The van der Waals surface area contributed by atoms with Gasteiger partial charge in [0.05, 0.1) is 12.3 Å². The number of carbonyl (C=O) groups is 1. The van der Waals surface area contributed by atoms with E-state index in [-0.39, 0.29) is 22.7 Å². The largest absolute Gasteiger partial charge is 0.492 e. The molecule has 33 heavy (non-hydrogen) atoms. The van der Waals surface area contributed by atoms with Crippen LogP contribution >= 0.6 is 0 Å². The SMILES string of the molecule is CCOc1ccccc1NC(=O)C1CCC(CNc2c(N3CCC(C)CC3)c(=O)c2=O)CC1. The van der Waals surface area contributed by atoms with E-state index in [9.17, 15) is 14.4 Å². The van der Waals surface area contributed by atoms with Crippen molar-refractivity contribution in [2.24, 2.45) is 17.8 Å². The molecule has 2 aromatic rings. The molecule has 0 aromatic heterocycles. The molecule has 1 aliphatic carbocycles. The van der Waals surface area contributed by atoms with Crippen molar-refractivity contribution in [2.75, 3.05) is 41.8 Å². The molecule has 1 saturated heterocycles. The molecule has 0 unspecified atom stereocenters. The first kappa shape index (κ1) is 23.3. The maximum absolute atomic E-state index is 12.8. The van der Waals surface area contributed by atoms with Gasteiger partial charge in [0.2, 0.25) is 5.91 Å². The number of carbonyl (C=O) groups excluding carboxylic acids is 1. The average Bonchev–Trinajstić information content (AvgIpc) is 2.83. The van der Waals surface area contributed by atoms with E-state index in [1.54, 1.807) is 0 Å². The fourth-order valence-corrected chi connectivity index (χ4v) is 5.04. The van der Waals surface area contributed by atoms with Gasteiger partial charge in [0, 0.05) is 25.6 Å². The molecular formula is C26H35N3O4. The number of nitrogens with zero attached hydrogens (tertiary/aromatic N) is 1. The van der Waals surface area contributed by atoms with Crippen molar-refractivity contribution in [3.63, 3.8) is 0 Å². The van der Waals surface area contributed by atoms with Crippen LogP contribution in [0, 0.1) is 17.8 Å². The molecule has 0 spiro atoms. The summed E-state index contributed by atoms with van der Waals surface area (Å²) in [7, 11) is 0. The molecule has 0 radical (unpaired) electrons. The van der Waals surface area contributed by atoms with Crippen molar-refractivity contribution in [3.8, 4) is 5.75 Å². The van der Waals surface area contributed by atoms with E-state index in [4.69, 9.17) is 4.74 Å². The molecule has 0 bridgehead atoms. The van der Waals surface area contributed by atoms with Crippen molar-refractivity contribution in [2.45, 2.75) is 52.4 Å². The summed E-state index contributed by atoms with van der Waals surface area (Å²) in [6.45, 7) is 7.05. The standard InChI is InChI=1S/C26H35N3O4/c1-3-33-21-7-5-4-6-20(21)28-26(32)19-10-8-18(9-11-19)16-27-22-23(25(31)24(22)30)29-14-12-17(2)13-15-29/h4-7,17-19,27H,3,8-16H2,1-2H3,(H,28,32). The molecule has 7 nitrogen and oxygen atoms in total. The van der Waals surface area contributed by atoms with Crippen LogP contribution in [0.4, 0.5) is 17.1 Å². The second-order valence-corrected chi connectivity index (χ2v) is 9.57. The Kier molecular flexibility index (Phi) is 7.36. The highest BCUT2D eigenvalue weighted by atomic mass is 16.5. The molecule has 2 aliphatic rings. The van der Waals surface area contributed by atoms with Crippen LogP contribution in [0.1, 0.15) is 52.4 Å². The highest BCUT2D eigenvalue weighted by Crippen LogP contribution is 2.32. The summed E-state index contributed by atoms with van der Waals surface area (Å²) in [4.78, 5) is 39.2. The molecule has 1 amide bonds. The van der Waals surface area contributed by atoms with E-state index in [1.165, 1.54) is 0 Å². The first-order valence-corrected chi connectivity index (χ1v) is 12.3. The van der Waals surface area contributed by atoms with Gasteiger partial charge in [-0.05, 0) is 69.4 Å². The van der Waals surface area contributed by atoms with Crippen molar-refractivity contribution in [1.82, 2.24) is 0 Å². The Morgan fingerprint density at radius 1 is 1.03 bits per heavy atom. The van der Waals surface area contributed by atoms with E-state index >= 15 is 0 Å². The van der Waals surface area contributed by atoms with Crippen LogP contribution in [-0.2, 0) is 4.79 Å². The minimum atomic E-state index is -0.385. The Balaban J connectivity index is 1.27. The molecule has 2 fully saturated rings. The van der Waals surface area contributed by atoms with Crippen LogP contribution in [0.5, 0.6) is 5.75 Å². The fourth-order valence-electron chi connectivity index (χ4n) is 5.04. The highest BCUT2D eigenvalue weighted by molar-refractivity contribution is 5.94. The van der Waals surface area contributed by atoms with Crippen LogP contribution in [0.3, 0.4) is 0 Å². The summed E-state index contributed by atoms with van der Waals surface area (Å²) in [5, 5.41) is 6.31. The summed E-state index contributed by atoms with van der Waals surface area (Å²) in [6, 6.07) is 7.51.